The number of ether oxygens (including phenoxy) is 2. The second-order valence-corrected chi connectivity index (χ2v) is 5.19. The maximum absolute atomic E-state index is 12.7. The molecule has 2 aromatic carbocycles. The lowest BCUT2D eigenvalue weighted by Gasteiger charge is -2.21. The van der Waals surface area contributed by atoms with Gasteiger partial charge >= 0.3 is 0 Å². The standard InChI is InChI=1S/C19H23NO3/c1-4-20(13-12-15-8-6-5-7-9-15)19(21)16-10-11-17(22-2)18(14-16)23-3/h5-11,14H,4,12-13H2,1-3H3. The molecule has 0 aliphatic heterocycles. The van der Waals surface area contributed by atoms with Crippen molar-refractivity contribution in [3.05, 3.63) is 59.7 Å². The zero-order chi connectivity index (χ0) is 16.7. The number of carbonyl (C=O) groups is 1. The topological polar surface area (TPSA) is 38.8 Å². The molecule has 0 atom stereocenters. The smallest absolute Gasteiger partial charge is 0.253 e. The molecule has 23 heavy (non-hydrogen) atoms. The van der Waals surface area contributed by atoms with Crippen molar-refractivity contribution >= 4 is 5.91 Å². The van der Waals surface area contributed by atoms with Gasteiger partial charge in [0.1, 0.15) is 0 Å². The van der Waals surface area contributed by atoms with E-state index in [0.717, 1.165) is 6.42 Å². The third kappa shape index (κ3) is 4.25. The first-order valence-corrected chi connectivity index (χ1v) is 7.74. The van der Waals surface area contributed by atoms with Crippen LogP contribution in [0.5, 0.6) is 11.5 Å². The van der Waals surface area contributed by atoms with Crippen LogP contribution in [0.1, 0.15) is 22.8 Å². The van der Waals surface area contributed by atoms with E-state index >= 15 is 0 Å². The summed E-state index contributed by atoms with van der Waals surface area (Å²) in [6.07, 6.45) is 0.841. The second kappa shape index (κ2) is 8.22. The lowest BCUT2D eigenvalue weighted by molar-refractivity contribution is 0.0765. The summed E-state index contributed by atoms with van der Waals surface area (Å²) in [6, 6.07) is 15.4. The van der Waals surface area contributed by atoms with E-state index in [2.05, 4.69) is 12.1 Å². The van der Waals surface area contributed by atoms with Gasteiger partial charge in [-0.15, -0.1) is 0 Å². The van der Waals surface area contributed by atoms with Crippen LogP contribution in [0.3, 0.4) is 0 Å². The van der Waals surface area contributed by atoms with Gasteiger partial charge in [0.2, 0.25) is 0 Å². The van der Waals surface area contributed by atoms with Crippen molar-refractivity contribution in [1.82, 2.24) is 4.90 Å². The van der Waals surface area contributed by atoms with Crippen LogP contribution in [0, 0.1) is 0 Å². The fourth-order valence-electron chi connectivity index (χ4n) is 2.46. The van der Waals surface area contributed by atoms with Gasteiger partial charge in [-0.25, -0.2) is 0 Å². The first kappa shape index (κ1) is 16.9. The van der Waals surface area contributed by atoms with Gasteiger partial charge in [0.05, 0.1) is 14.2 Å². The first-order chi connectivity index (χ1) is 11.2. The molecule has 0 aliphatic rings. The van der Waals surface area contributed by atoms with Crippen molar-refractivity contribution in [2.45, 2.75) is 13.3 Å². The Kier molecular flexibility index (Phi) is 6.03. The van der Waals surface area contributed by atoms with E-state index in [0.29, 0.717) is 30.2 Å². The first-order valence-electron chi connectivity index (χ1n) is 7.74. The van der Waals surface area contributed by atoms with Gasteiger partial charge < -0.3 is 14.4 Å². The third-order valence-electron chi connectivity index (χ3n) is 3.81. The molecule has 0 bridgehead atoms. The molecule has 0 unspecified atom stereocenters. The van der Waals surface area contributed by atoms with Crippen molar-refractivity contribution in [3.8, 4) is 11.5 Å². The molecule has 0 aromatic heterocycles. The zero-order valence-corrected chi connectivity index (χ0v) is 13.9. The highest BCUT2D eigenvalue weighted by molar-refractivity contribution is 5.95. The number of methoxy groups -OCH3 is 2. The molecule has 4 nitrogen and oxygen atoms in total. The SMILES string of the molecule is CCN(CCc1ccccc1)C(=O)c1ccc(OC)c(OC)c1. The number of hydrogen-bond donors (Lipinski definition) is 0. The van der Waals surface area contributed by atoms with E-state index in [1.807, 2.05) is 30.0 Å². The van der Waals surface area contributed by atoms with Crippen LogP contribution in [-0.2, 0) is 6.42 Å². The maximum atomic E-state index is 12.7. The molecular weight excluding hydrogens is 290 g/mol. The summed E-state index contributed by atoms with van der Waals surface area (Å²) < 4.78 is 10.5. The molecule has 2 aromatic rings. The highest BCUT2D eigenvalue weighted by atomic mass is 16.5. The molecule has 0 radical (unpaired) electrons. The van der Waals surface area contributed by atoms with Crippen LogP contribution in [0.2, 0.25) is 0 Å². The number of hydrogen-bond acceptors (Lipinski definition) is 3. The highest BCUT2D eigenvalue weighted by Gasteiger charge is 2.16. The van der Waals surface area contributed by atoms with Crippen molar-refractivity contribution in [1.29, 1.82) is 0 Å². The van der Waals surface area contributed by atoms with Gasteiger partial charge in [0.15, 0.2) is 11.5 Å². The van der Waals surface area contributed by atoms with Crippen LogP contribution in [-0.4, -0.2) is 38.1 Å². The Labute approximate surface area is 137 Å². The van der Waals surface area contributed by atoms with Gasteiger partial charge in [0, 0.05) is 18.7 Å². The summed E-state index contributed by atoms with van der Waals surface area (Å²) in [5.74, 6) is 1.19. The maximum Gasteiger partial charge on any atom is 0.253 e. The van der Waals surface area contributed by atoms with Crippen molar-refractivity contribution in [3.63, 3.8) is 0 Å². The minimum absolute atomic E-state index is 0.00406. The quantitative estimate of drug-likeness (QED) is 0.786. The van der Waals surface area contributed by atoms with E-state index in [1.54, 1.807) is 32.4 Å². The summed E-state index contributed by atoms with van der Waals surface area (Å²) in [7, 11) is 3.15. The van der Waals surface area contributed by atoms with E-state index in [1.165, 1.54) is 5.56 Å². The molecular formula is C19H23NO3. The van der Waals surface area contributed by atoms with Crippen molar-refractivity contribution in [2.24, 2.45) is 0 Å². The van der Waals surface area contributed by atoms with Gasteiger partial charge in [-0.05, 0) is 37.1 Å². The van der Waals surface area contributed by atoms with E-state index in [4.69, 9.17) is 9.47 Å². The van der Waals surface area contributed by atoms with Crippen molar-refractivity contribution in [2.75, 3.05) is 27.3 Å². The molecule has 4 heteroatoms. The molecule has 2 rings (SSSR count). The van der Waals surface area contributed by atoms with Crippen LogP contribution in [0.15, 0.2) is 48.5 Å². The van der Waals surface area contributed by atoms with Crippen LogP contribution < -0.4 is 9.47 Å². The predicted molar refractivity (Wildman–Crippen MR) is 91.3 cm³/mol. The lowest BCUT2D eigenvalue weighted by Crippen LogP contribution is -2.32. The summed E-state index contributed by atoms with van der Waals surface area (Å²) in [5, 5.41) is 0. The normalized spacial score (nSPS) is 10.2. The van der Waals surface area contributed by atoms with Crippen LogP contribution in [0.25, 0.3) is 0 Å². The van der Waals surface area contributed by atoms with Crippen LogP contribution >= 0.6 is 0 Å². The number of benzene rings is 2. The summed E-state index contributed by atoms with van der Waals surface area (Å²) in [4.78, 5) is 14.5. The Balaban J connectivity index is 2.10. The molecule has 1 amide bonds. The van der Waals surface area contributed by atoms with E-state index in [9.17, 15) is 4.79 Å². The number of carbonyl (C=O) groups excluding carboxylic acids is 1. The fraction of sp³-hybridized carbons (Fsp3) is 0.316. The average Bonchev–Trinajstić information content (AvgIpc) is 2.62. The van der Waals surface area contributed by atoms with Gasteiger partial charge in [-0.3, -0.25) is 4.79 Å². The van der Waals surface area contributed by atoms with E-state index < -0.39 is 0 Å². The molecule has 0 saturated carbocycles. The minimum atomic E-state index is 0.00406. The fourth-order valence-corrected chi connectivity index (χ4v) is 2.46. The molecule has 0 heterocycles. The highest BCUT2D eigenvalue weighted by Crippen LogP contribution is 2.28. The van der Waals surface area contributed by atoms with Gasteiger partial charge in [-0.1, -0.05) is 30.3 Å². The largest absolute Gasteiger partial charge is 0.493 e. The second-order valence-electron chi connectivity index (χ2n) is 5.19. The molecule has 122 valence electrons. The van der Waals surface area contributed by atoms with Crippen molar-refractivity contribution < 1.29 is 14.3 Å². The Morgan fingerprint density at radius 1 is 1.00 bits per heavy atom. The average molecular weight is 313 g/mol. The number of likely N-dealkylation sites (N-methyl/N-ethyl adjacent to an activating group) is 1. The monoisotopic (exact) mass is 313 g/mol. The minimum Gasteiger partial charge on any atom is -0.493 e. The Bertz CT molecular complexity index is 640. The predicted octanol–water partition coefficient (Wildman–Crippen LogP) is 3.41. The molecule has 0 fully saturated rings. The van der Waals surface area contributed by atoms with Crippen LogP contribution in [0.4, 0.5) is 0 Å². The molecule has 0 saturated heterocycles. The number of amides is 1. The summed E-state index contributed by atoms with van der Waals surface area (Å²) in [5.41, 5.74) is 1.84. The van der Waals surface area contributed by atoms with E-state index in [-0.39, 0.29) is 5.91 Å². The molecule has 0 N–H and O–H groups in total. The Morgan fingerprint density at radius 2 is 1.70 bits per heavy atom. The third-order valence-corrected chi connectivity index (χ3v) is 3.81. The summed E-state index contributed by atoms with van der Waals surface area (Å²) >= 11 is 0. The Morgan fingerprint density at radius 3 is 2.30 bits per heavy atom. The number of rotatable bonds is 7. The summed E-state index contributed by atoms with van der Waals surface area (Å²) in [6.45, 7) is 3.34. The zero-order valence-electron chi connectivity index (χ0n) is 13.9. The Hall–Kier alpha value is -2.49. The molecule has 0 spiro atoms. The lowest BCUT2D eigenvalue weighted by atomic mass is 10.1. The number of nitrogens with zero attached hydrogens (tertiary/aromatic N) is 1. The van der Waals surface area contributed by atoms with Gasteiger partial charge in [0.25, 0.3) is 5.91 Å². The molecule has 0 aliphatic carbocycles. The van der Waals surface area contributed by atoms with Gasteiger partial charge in [-0.2, -0.15) is 0 Å².